The first kappa shape index (κ1) is 20.1. The first-order valence-corrected chi connectivity index (χ1v) is 10.3. The SMILES string of the molecule is COc1ccc(C(NC(=O)CSc2nc(C)nc3ccccc23)C(C)C)cc1. The van der Waals surface area contributed by atoms with E-state index in [9.17, 15) is 4.79 Å². The van der Waals surface area contributed by atoms with Gasteiger partial charge in [-0.15, -0.1) is 0 Å². The van der Waals surface area contributed by atoms with Gasteiger partial charge in [0, 0.05) is 5.39 Å². The second kappa shape index (κ2) is 9.06. The molecule has 0 saturated carbocycles. The summed E-state index contributed by atoms with van der Waals surface area (Å²) in [5, 5.41) is 4.97. The summed E-state index contributed by atoms with van der Waals surface area (Å²) in [6.45, 7) is 6.07. The fourth-order valence-electron chi connectivity index (χ4n) is 3.06. The van der Waals surface area contributed by atoms with E-state index in [1.807, 2.05) is 55.5 Å². The number of carbonyl (C=O) groups excluding carboxylic acids is 1. The number of amides is 1. The summed E-state index contributed by atoms with van der Waals surface area (Å²) < 4.78 is 5.22. The molecule has 1 unspecified atom stereocenters. The number of hydrogen-bond donors (Lipinski definition) is 1. The molecule has 0 radical (unpaired) electrons. The minimum Gasteiger partial charge on any atom is -0.497 e. The van der Waals surface area contributed by atoms with Crippen LogP contribution < -0.4 is 10.1 Å². The number of ether oxygens (including phenoxy) is 1. The third-order valence-electron chi connectivity index (χ3n) is 4.48. The topological polar surface area (TPSA) is 64.1 Å². The third-order valence-corrected chi connectivity index (χ3v) is 5.47. The lowest BCUT2D eigenvalue weighted by Gasteiger charge is -2.23. The van der Waals surface area contributed by atoms with Gasteiger partial charge in [-0.25, -0.2) is 9.97 Å². The third kappa shape index (κ3) is 4.81. The molecule has 0 aliphatic heterocycles. The van der Waals surface area contributed by atoms with Gasteiger partial charge in [-0.1, -0.05) is 55.9 Å². The molecule has 3 rings (SSSR count). The maximum absolute atomic E-state index is 12.6. The van der Waals surface area contributed by atoms with Gasteiger partial charge in [-0.2, -0.15) is 0 Å². The summed E-state index contributed by atoms with van der Waals surface area (Å²) in [7, 11) is 1.65. The van der Waals surface area contributed by atoms with E-state index >= 15 is 0 Å². The van der Waals surface area contributed by atoms with Crippen molar-refractivity contribution in [1.82, 2.24) is 15.3 Å². The van der Waals surface area contributed by atoms with E-state index in [-0.39, 0.29) is 17.9 Å². The van der Waals surface area contributed by atoms with Crippen molar-refractivity contribution in [2.45, 2.75) is 31.8 Å². The largest absolute Gasteiger partial charge is 0.497 e. The Bertz CT molecular complexity index is 958. The quantitative estimate of drug-likeness (QED) is 0.470. The number of benzene rings is 2. The predicted molar refractivity (Wildman–Crippen MR) is 114 cm³/mol. The van der Waals surface area contributed by atoms with Crippen LogP contribution in [0, 0.1) is 12.8 Å². The number of nitrogens with one attached hydrogen (secondary N) is 1. The number of hydrogen-bond acceptors (Lipinski definition) is 5. The molecule has 0 saturated heterocycles. The van der Waals surface area contributed by atoms with Crippen molar-refractivity contribution >= 4 is 28.6 Å². The summed E-state index contributed by atoms with van der Waals surface area (Å²) in [4.78, 5) is 21.6. The molecule has 0 bridgehead atoms. The van der Waals surface area contributed by atoms with Crippen molar-refractivity contribution < 1.29 is 9.53 Å². The average Bonchev–Trinajstić information content (AvgIpc) is 2.70. The Kier molecular flexibility index (Phi) is 6.52. The number of fused-ring (bicyclic) bond motifs is 1. The van der Waals surface area contributed by atoms with Crippen molar-refractivity contribution in [3.8, 4) is 5.75 Å². The van der Waals surface area contributed by atoms with E-state index in [1.54, 1.807) is 7.11 Å². The standard InChI is InChI=1S/C22H25N3O2S/c1-14(2)21(16-9-11-17(27-4)12-10-16)25-20(26)13-28-22-18-7-5-6-8-19(18)23-15(3)24-22/h5-12,14,21H,13H2,1-4H3,(H,25,26). The van der Waals surface area contributed by atoms with Crippen LogP contribution in [0.3, 0.4) is 0 Å². The van der Waals surface area contributed by atoms with Crippen molar-refractivity contribution in [2.75, 3.05) is 12.9 Å². The Labute approximate surface area is 169 Å². The number of aromatic nitrogens is 2. The highest BCUT2D eigenvalue weighted by Crippen LogP contribution is 2.27. The van der Waals surface area contributed by atoms with E-state index in [1.165, 1.54) is 11.8 Å². The van der Waals surface area contributed by atoms with Crippen LogP contribution in [0.2, 0.25) is 0 Å². The predicted octanol–water partition coefficient (Wildman–Crippen LogP) is 4.55. The zero-order valence-electron chi connectivity index (χ0n) is 16.6. The fraction of sp³-hybridized carbons (Fsp3) is 0.318. The second-order valence-electron chi connectivity index (χ2n) is 6.94. The lowest BCUT2D eigenvalue weighted by atomic mass is 9.96. The van der Waals surface area contributed by atoms with Crippen molar-refractivity contribution in [2.24, 2.45) is 5.92 Å². The van der Waals surface area contributed by atoms with Gasteiger partial charge in [0.05, 0.1) is 24.4 Å². The first-order chi connectivity index (χ1) is 13.5. The van der Waals surface area contributed by atoms with E-state index < -0.39 is 0 Å². The first-order valence-electron chi connectivity index (χ1n) is 9.27. The van der Waals surface area contributed by atoms with Crippen LogP contribution in [0.15, 0.2) is 53.6 Å². The molecular formula is C22H25N3O2S. The molecule has 6 heteroatoms. The lowest BCUT2D eigenvalue weighted by Crippen LogP contribution is -2.33. The number of para-hydroxylation sites is 1. The van der Waals surface area contributed by atoms with E-state index in [0.29, 0.717) is 11.6 Å². The van der Waals surface area contributed by atoms with Crippen LogP contribution in [-0.2, 0) is 4.79 Å². The molecule has 1 N–H and O–H groups in total. The zero-order valence-corrected chi connectivity index (χ0v) is 17.4. The van der Waals surface area contributed by atoms with Gasteiger partial charge in [-0.3, -0.25) is 4.79 Å². The molecule has 5 nitrogen and oxygen atoms in total. The monoisotopic (exact) mass is 395 g/mol. The molecule has 1 heterocycles. The van der Waals surface area contributed by atoms with Crippen LogP contribution in [0.5, 0.6) is 5.75 Å². The number of aryl methyl sites for hydroxylation is 1. The molecule has 1 amide bonds. The maximum atomic E-state index is 12.6. The Morgan fingerprint density at radius 1 is 1.11 bits per heavy atom. The number of thioether (sulfide) groups is 1. The Morgan fingerprint density at radius 3 is 2.50 bits per heavy atom. The number of carbonyl (C=O) groups is 1. The van der Waals surface area contributed by atoms with Crippen molar-refractivity contribution in [3.05, 3.63) is 59.9 Å². The molecule has 1 aromatic heterocycles. The molecule has 0 fully saturated rings. The molecule has 1 atom stereocenters. The molecule has 0 spiro atoms. The van der Waals surface area contributed by atoms with Crippen LogP contribution in [0.4, 0.5) is 0 Å². The van der Waals surface area contributed by atoms with E-state index in [0.717, 1.165) is 27.2 Å². The molecule has 0 aliphatic rings. The molecule has 146 valence electrons. The summed E-state index contributed by atoms with van der Waals surface area (Å²) in [6.07, 6.45) is 0. The smallest absolute Gasteiger partial charge is 0.230 e. The molecule has 0 aliphatic carbocycles. The average molecular weight is 396 g/mol. The van der Waals surface area contributed by atoms with E-state index in [2.05, 4.69) is 29.1 Å². The molecule has 2 aromatic carbocycles. The molecule has 28 heavy (non-hydrogen) atoms. The Morgan fingerprint density at radius 2 is 1.82 bits per heavy atom. The van der Waals surface area contributed by atoms with Gasteiger partial charge >= 0.3 is 0 Å². The number of nitrogens with zero attached hydrogens (tertiary/aromatic N) is 2. The summed E-state index contributed by atoms with van der Waals surface area (Å²) >= 11 is 1.44. The lowest BCUT2D eigenvalue weighted by molar-refractivity contribution is -0.119. The van der Waals surface area contributed by atoms with E-state index in [4.69, 9.17) is 4.74 Å². The van der Waals surface area contributed by atoms with Crippen LogP contribution >= 0.6 is 11.8 Å². The number of methoxy groups -OCH3 is 1. The Hall–Kier alpha value is -2.60. The maximum Gasteiger partial charge on any atom is 0.230 e. The van der Waals surface area contributed by atoms with Gasteiger partial charge in [0.2, 0.25) is 5.91 Å². The normalized spacial score (nSPS) is 12.2. The van der Waals surface area contributed by atoms with Gasteiger partial charge in [0.25, 0.3) is 0 Å². The fourth-order valence-corrected chi connectivity index (χ4v) is 3.94. The van der Waals surface area contributed by atoms with Gasteiger partial charge in [0.1, 0.15) is 16.6 Å². The minimum atomic E-state index is -0.0529. The number of rotatable bonds is 7. The molecule has 3 aromatic rings. The van der Waals surface area contributed by atoms with Gasteiger partial charge in [0.15, 0.2) is 0 Å². The van der Waals surface area contributed by atoms with Crippen LogP contribution in [-0.4, -0.2) is 28.7 Å². The highest BCUT2D eigenvalue weighted by atomic mass is 32.2. The highest BCUT2D eigenvalue weighted by Gasteiger charge is 2.19. The zero-order chi connectivity index (χ0) is 20.1. The van der Waals surface area contributed by atoms with Gasteiger partial charge in [-0.05, 0) is 36.6 Å². The van der Waals surface area contributed by atoms with Crippen molar-refractivity contribution in [1.29, 1.82) is 0 Å². The minimum absolute atomic E-state index is 0.0140. The van der Waals surface area contributed by atoms with Crippen molar-refractivity contribution in [3.63, 3.8) is 0 Å². The van der Waals surface area contributed by atoms with Gasteiger partial charge < -0.3 is 10.1 Å². The second-order valence-corrected chi connectivity index (χ2v) is 7.91. The highest BCUT2D eigenvalue weighted by molar-refractivity contribution is 8.00. The Balaban J connectivity index is 1.70. The summed E-state index contributed by atoms with van der Waals surface area (Å²) in [5.41, 5.74) is 1.97. The van der Waals surface area contributed by atoms with Crippen LogP contribution in [0.25, 0.3) is 10.9 Å². The molecular weight excluding hydrogens is 370 g/mol. The van der Waals surface area contributed by atoms with Crippen LogP contribution in [0.1, 0.15) is 31.3 Å². The summed E-state index contributed by atoms with van der Waals surface area (Å²) in [6, 6.07) is 15.7. The summed E-state index contributed by atoms with van der Waals surface area (Å²) in [5.74, 6) is 2.07.